The molecule has 0 saturated heterocycles. The zero-order chi connectivity index (χ0) is 15.9. The van der Waals surface area contributed by atoms with Crippen LogP contribution >= 0.6 is 0 Å². The van der Waals surface area contributed by atoms with E-state index >= 15 is 0 Å². The van der Waals surface area contributed by atoms with Gasteiger partial charge in [0.15, 0.2) is 0 Å². The van der Waals surface area contributed by atoms with Crippen molar-refractivity contribution in [1.29, 1.82) is 0 Å². The Bertz CT molecular complexity index is 646. The lowest BCUT2D eigenvalue weighted by atomic mass is 10.1. The van der Waals surface area contributed by atoms with Crippen LogP contribution in [0, 0.1) is 6.92 Å². The summed E-state index contributed by atoms with van der Waals surface area (Å²) >= 11 is 0. The molecule has 22 heavy (non-hydrogen) atoms. The Balaban J connectivity index is 1.77. The van der Waals surface area contributed by atoms with Gasteiger partial charge in [-0.25, -0.2) is 0 Å². The SMILES string of the molecule is Cc1ccc(CCC(=O)NCc2ccc(C(N)=O)cc2)cc1. The summed E-state index contributed by atoms with van der Waals surface area (Å²) < 4.78 is 0. The number of hydrogen-bond acceptors (Lipinski definition) is 2. The Hall–Kier alpha value is -2.62. The van der Waals surface area contributed by atoms with E-state index in [1.165, 1.54) is 5.56 Å². The lowest BCUT2D eigenvalue weighted by Gasteiger charge is -2.06. The van der Waals surface area contributed by atoms with Crippen LogP contribution in [0.3, 0.4) is 0 Å². The summed E-state index contributed by atoms with van der Waals surface area (Å²) in [5.74, 6) is -0.437. The van der Waals surface area contributed by atoms with Gasteiger partial charge < -0.3 is 11.1 Å². The van der Waals surface area contributed by atoms with Gasteiger partial charge in [-0.1, -0.05) is 42.0 Å². The van der Waals surface area contributed by atoms with Crippen molar-refractivity contribution in [2.45, 2.75) is 26.3 Å². The van der Waals surface area contributed by atoms with Crippen molar-refractivity contribution in [3.8, 4) is 0 Å². The molecule has 0 bridgehead atoms. The number of primary amides is 1. The number of rotatable bonds is 6. The van der Waals surface area contributed by atoms with Crippen LogP contribution in [0.4, 0.5) is 0 Å². The van der Waals surface area contributed by atoms with Crippen LogP contribution in [0.2, 0.25) is 0 Å². The molecular weight excluding hydrogens is 276 g/mol. The largest absolute Gasteiger partial charge is 0.366 e. The number of benzene rings is 2. The molecule has 0 unspecified atom stereocenters. The Morgan fingerprint density at radius 2 is 1.55 bits per heavy atom. The minimum atomic E-state index is -0.450. The first-order chi connectivity index (χ1) is 10.5. The Morgan fingerprint density at radius 1 is 0.955 bits per heavy atom. The maximum absolute atomic E-state index is 11.8. The maximum atomic E-state index is 11.8. The van der Waals surface area contributed by atoms with E-state index in [1.54, 1.807) is 24.3 Å². The van der Waals surface area contributed by atoms with Crippen molar-refractivity contribution in [3.05, 3.63) is 70.8 Å². The highest BCUT2D eigenvalue weighted by atomic mass is 16.1. The number of aryl methyl sites for hydroxylation is 2. The summed E-state index contributed by atoms with van der Waals surface area (Å²) in [6.07, 6.45) is 1.19. The van der Waals surface area contributed by atoms with Gasteiger partial charge in [0, 0.05) is 18.5 Å². The molecule has 0 aliphatic rings. The molecule has 0 radical (unpaired) electrons. The van der Waals surface area contributed by atoms with Gasteiger partial charge in [0.05, 0.1) is 0 Å². The first kappa shape index (κ1) is 15.8. The minimum absolute atomic E-state index is 0.0135. The predicted molar refractivity (Wildman–Crippen MR) is 86.3 cm³/mol. The zero-order valence-corrected chi connectivity index (χ0v) is 12.6. The highest BCUT2D eigenvalue weighted by molar-refractivity contribution is 5.92. The van der Waals surface area contributed by atoms with Crippen molar-refractivity contribution in [2.24, 2.45) is 5.73 Å². The molecule has 3 N–H and O–H groups in total. The maximum Gasteiger partial charge on any atom is 0.248 e. The highest BCUT2D eigenvalue weighted by Gasteiger charge is 2.04. The zero-order valence-electron chi connectivity index (χ0n) is 12.6. The summed E-state index contributed by atoms with van der Waals surface area (Å²) in [5.41, 5.74) is 8.96. The second-order valence-corrected chi connectivity index (χ2v) is 5.32. The summed E-state index contributed by atoms with van der Waals surface area (Å²) in [6, 6.07) is 15.1. The minimum Gasteiger partial charge on any atom is -0.366 e. The standard InChI is InChI=1S/C18H20N2O2/c1-13-2-4-14(5-3-13)8-11-17(21)20-12-15-6-9-16(10-7-15)18(19)22/h2-7,9-10H,8,11-12H2,1H3,(H2,19,22)(H,20,21). The number of nitrogens with two attached hydrogens (primary N) is 1. The third kappa shape index (κ3) is 4.74. The molecule has 0 aromatic heterocycles. The van der Waals surface area contributed by atoms with Gasteiger partial charge in [-0.05, 0) is 36.6 Å². The van der Waals surface area contributed by atoms with Crippen LogP contribution in [0.5, 0.6) is 0 Å². The molecule has 0 fully saturated rings. The summed E-state index contributed by atoms with van der Waals surface area (Å²) in [4.78, 5) is 22.8. The van der Waals surface area contributed by atoms with E-state index in [0.717, 1.165) is 17.5 Å². The average Bonchev–Trinajstić information content (AvgIpc) is 2.52. The van der Waals surface area contributed by atoms with E-state index in [-0.39, 0.29) is 5.91 Å². The first-order valence-electron chi connectivity index (χ1n) is 7.25. The van der Waals surface area contributed by atoms with Crippen LogP contribution in [0.25, 0.3) is 0 Å². The van der Waals surface area contributed by atoms with E-state index in [2.05, 4.69) is 5.32 Å². The molecule has 0 heterocycles. The van der Waals surface area contributed by atoms with E-state index in [1.807, 2.05) is 31.2 Å². The molecule has 0 aliphatic heterocycles. The fourth-order valence-corrected chi connectivity index (χ4v) is 2.09. The monoisotopic (exact) mass is 296 g/mol. The molecule has 0 atom stereocenters. The second kappa shape index (κ2) is 7.41. The molecule has 2 aromatic rings. The third-order valence-electron chi connectivity index (χ3n) is 3.49. The fraction of sp³-hybridized carbons (Fsp3) is 0.222. The molecule has 4 heteroatoms. The van der Waals surface area contributed by atoms with Crippen LogP contribution < -0.4 is 11.1 Å². The summed E-state index contributed by atoms with van der Waals surface area (Å²) in [6.45, 7) is 2.49. The topological polar surface area (TPSA) is 72.2 Å². The predicted octanol–water partition coefficient (Wildman–Crippen LogP) is 2.34. The van der Waals surface area contributed by atoms with Crippen molar-refractivity contribution in [1.82, 2.24) is 5.32 Å². The summed E-state index contributed by atoms with van der Waals surface area (Å²) in [5, 5.41) is 2.87. The van der Waals surface area contributed by atoms with E-state index in [9.17, 15) is 9.59 Å². The number of carbonyl (C=O) groups excluding carboxylic acids is 2. The number of hydrogen-bond donors (Lipinski definition) is 2. The third-order valence-corrected chi connectivity index (χ3v) is 3.49. The van der Waals surface area contributed by atoms with E-state index in [0.29, 0.717) is 18.5 Å². The van der Waals surface area contributed by atoms with Gasteiger partial charge >= 0.3 is 0 Å². The number of amides is 2. The number of nitrogens with one attached hydrogen (secondary N) is 1. The van der Waals surface area contributed by atoms with Gasteiger partial charge in [-0.3, -0.25) is 9.59 Å². The van der Waals surface area contributed by atoms with Gasteiger partial charge in [0.1, 0.15) is 0 Å². The average molecular weight is 296 g/mol. The van der Waals surface area contributed by atoms with Crippen molar-refractivity contribution in [3.63, 3.8) is 0 Å². The fourth-order valence-electron chi connectivity index (χ4n) is 2.09. The molecule has 0 saturated carbocycles. The van der Waals surface area contributed by atoms with Crippen LogP contribution in [-0.2, 0) is 17.8 Å². The van der Waals surface area contributed by atoms with Crippen LogP contribution in [0.1, 0.15) is 33.5 Å². The molecule has 2 aromatic carbocycles. The second-order valence-electron chi connectivity index (χ2n) is 5.32. The Labute approximate surface area is 130 Å². The molecule has 4 nitrogen and oxygen atoms in total. The van der Waals surface area contributed by atoms with Gasteiger partial charge in [-0.2, -0.15) is 0 Å². The molecule has 0 aliphatic carbocycles. The van der Waals surface area contributed by atoms with Gasteiger partial charge in [0.25, 0.3) is 0 Å². The highest BCUT2D eigenvalue weighted by Crippen LogP contribution is 2.06. The molecule has 2 rings (SSSR count). The van der Waals surface area contributed by atoms with Gasteiger partial charge in [-0.15, -0.1) is 0 Å². The summed E-state index contributed by atoms with van der Waals surface area (Å²) in [7, 11) is 0. The van der Waals surface area contributed by atoms with Crippen LogP contribution in [-0.4, -0.2) is 11.8 Å². The smallest absolute Gasteiger partial charge is 0.248 e. The van der Waals surface area contributed by atoms with Crippen molar-refractivity contribution >= 4 is 11.8 Å². The van der Waals surface area contributed by atoms with Gasteiger partial charge in [0.2, 0.25) is 11.8 Å². The molecule has 0 spiro atoms. The molecule has 2 amide bonds. The molecular formula is C18H20N2O2. The lowest BCUT2D eigenvalue weighted by molar-refractivity contribution is -0.121. The Morgan fingerprint density at radius 3 is 2.14 bits per heavy atom. The first-order valence-corrected chi connectivity index (χ1v) is 7.25. The number of carbonyl (C=O) groups is 2. The lowest BCUT2D eigenvalue weighted by Crippen LogP contribution is -2.23. The van der Waals surface area contributed by atoms with E-state index in [4.69, 9.17) is 5.73 Å². The Kier molecular flexibility index (Phi) is 5.31. The quantitative estimate of drug-likeness (QED) is 0.859. The van der Waals surface area contributed by atoms with E-state index < -0.39 is 5.91 Å². The van der Waals surface area contributed by atoms with Crippen molar-refractivity contribution in [2.75, 3.05) is 0 Å². The molecule has 114 valence electrons. The normalized spacial score (nSPS) is 10.2. The van der Waals surface area contributed by atoms with Crippen molar-refractivity contribution < 1.29 is 9.59 Å². The van der Waals surface area contributed by atoms with Crippen LogP contribution in [0.15, 0.2) is 48.5 Å².